The molecule has 2 atom stereocenters. The van der Waals surface area contributed by atoms with Gasteiger partial charge in [0, 0.05) is 30.8 Å². The number of aromatic nitrogens is 1. The van der Waals surface area contributed by atoms with Crippen molar-refractivity contribution in [2.75, 3.05) is 6.54 Å². The van der Waals surface area contributed by atoms with Crippen LogP contribution in [0.5, 0.6) is 5.75 Å². The number of likely N-dealkylation sites (tertiary alicyclic amines) is 1. The van der Waals surface area contributed by atoms with Gasteiger partial charge in [-0.05, 0) is 25.7 Å². The summed E-state index contributed by atoms with van der Waals surface area (Å²) in [6.07, 6.45) is 2.76. The van der Waals surface area contributed by atoms with Crippen molar-refractivity contribution < 1.29 is 18.3 Å². The molecule has 0 N–H and O–H groups in total. The number of pyridine rings is 1. The maximum absolute atomic E-state index is 13.4. The van der Waals surface area contributed by atoms with E-state index >= 15 is 0 Å². The summed E-state index contributed by atoms with van der Waals surface area (Å²) in [6, 6.07) is -0.289. The number of carbonyl (C=O) groups excluding carboxylic acids is 1. The maximum Gasteiger partial charge on any atom is 0.252 e. The highest BCUT2D eigenvalue weighted by Crippen LogP contribution is 2.46. The molecule has 0 unspecified atom stereocenters. The van der Waals surface area contributed by atoms with Crippen LogP contribution in [0.1, 0.15) is 71.0 Å². The van der Waals surface area contributed by atoms with E-state index in [1.54, 1.807) is 12.4 Å². The number of alkyl halides is 2. The van der Waals surface area contributed by atoms with Gasteiger partial charge >= 0.3 is 0 Å². The van der Waals surface area contributed by atoms with E-state index in [1.165, 1.54) is 18.7 Å². The standard InChI is InChI=1S/C22H28F2N2O2/c1-21(2,3)9-7-6-8-14-11-25-12-16-17-10-15(28-18(14)16)13-26(17)20(27)22(4,5)19(23)24/h11-12,15,17,19H,7,9-10,13H2,1-5H3/t15-,17-/m0/s1. The van der Waals surface area contributed by atoms with Crippen LogP contribution < -0.4 is 4.74 Å². The van der Waals surface area contributed by atoms with Crippen molar-refractivity contribution in [1.29, 1.82) is 0 Å². The molecule has 0 radical (unpaired) electrons. The largest absolute Gasteiger partial charge is 0.487 e. The second kappa shape index (κ2) is 7.35. The van der Waals surface area contributed by atoms with E-state index in [0.29, 0.717) is 24.3 Å². The van der Waals surface area contributed by atoms with Crippen molar-refractivity contribution in [3.8, 4) is 17.6 Å². The molecule has 0 aliphatic carbocycles. The third-order valence-corrected chi connectivity index (χ3v) is 5.41. The molecule has 1 saturated heterocycles. The van der Waals surface area contributed by atoms with Crippen LogP contribution in [0, 0.1) is 22.7 Å². The van der Waals surface area contributed by atoms with Gasteiger partial charge in [-0.3, -0.25) is 9.78 Å². The number of nitrogens with zero attached hydrogens (tertiary/aromatic N) is 2. The fraction of sp³-hybridized carbons (Fsp3) is 0.636. The van der Waals surface area contributed by atoms with Gasteiger partial charge in [-0.1, -0.05) is 32.6 Å². The summed E-state index contributed by atoms with van der Waals surface area (Å²) in [5.74, 6) is 6.42. The summed E-state index contributed by atoms with van der Waals surface area (Å²) in [5, 5.41) is 0. The fourth-order valence-corrected chi connectivity index (χ4v) is 3.55. The second-order valence-corrected chi connectivity index (χ2v) is 9.44. The minimum atomic E-state index is -2.72. The Kier molecular flexibility index (Phi) is 5.40. The van der Waals surface area contributed by atoms with Gasteiger partial charge in [0.2, 0.25) is 5.91 Å². The molecule has 1 aromatic heterocycles. The molecule has 4 nitrogen and oxygen atoms in total. The molecular weight excluding hydrogens is 362 g/mol. The molecule has 152 valence electrons. The van der Waals surface area contributed by atoms with Crippen molar-refractivity contribution >= 4 is 5.91 Å². The zero-order valence-corrected chi connectivity index (χ0v) is 17.2. The van der Waals surface area contributed by atoms with E-state index in [1.807, 2.05) is 0 Å². The van der Waals surface area contributed by atoms with Gasteiger partial charge in [-0.2, -0.15) is 0 Å². The molecule has 1 amide bonds. The van der Waals surface area contributed by atoms with Crippen LogP contribution in [0.3, 0.4) is 0 Å². The Morgan fingerprint density at radius 3 is 2.68 bits per heavy atom. The number of rotatable bonds is 3. The summed E-state index contributed by atoms with van der Waals surface area (Å²) in [6.45, 7) is 9.42. The van der Waals surface area contributed by atoms with Gasteiger partial charge in [-0.25, -0.2) is 8.78 Å². The van der Waals surface area contributed by atoms with E-state index in [0.717, 1.165) is 18.4 Å². The average molecular weight is 390 g/mol. The molecule has 28 heavy (non-hydrogen) atoms. The Morgan fingerprint density at radius 2 is 2.04 bits per heavy atom. The molecule has 1 aromatic rings. The topological polar surface area (TPSA) is 42.4 Å². The van der Waals surface area contributed by atoms with Gasteiger partial charge in [0.1, 0.15) is 17.3 Å². The highest BCUT2D eigenvalue weighted by atomic mass is 19.3. The Morgan fingerprint density at radius 1 is 1.32 bits per heavy atom. The quantitative estimate of drug-likeness (QED) is 0.709. The first-order chi connectivity index (χ1) is 13.0. The lowest BCUT2D eigenvalue weighted by molar-refractivity contribution is -0.149. The maximum atomic E-state index is 13.4. The van der Waals surface area contributed by atoms with E-state index in [-0.39, 0.29) is 17.6 Å². The van der Waals surface area contributed by atoms with Crippen molar-refractivity contribution in [2.24, 2.45) is 10.8 Å². The number of ether oxygens (including phenoxy) is 1. The summed E-state index contributed by atoms with van der Waals surface area (Å²) in [4.78, 5) is 18.6. The molecule has 2 aliphatic rings. The number of hydrogen-bond donors (Lipinski definition) is 0. The smallest absolute Gasteiger partial charge is 0.252 e. The SMILES string of the molecule is CC(C)(C)CCC#Cc1cncc2c1O[C@H]1C[C@@H]2N(C(=O)C(C)(C)C(F)F)C1. The van der Waals surface area contributed by atoms with Crippen molar-refractivity contribution in [3.05, 3.63) is 23.5 Å². The lowest BCUT2D eigenvalue weighted by atomic mass is 9.90. The normalized spacial score (nSPS) is 21.1. The molecule has 0 saturated carbocycles. The van der Waals surface area contributed by atoms with Crippen molar-refractivity contribution in [2.45, 2.75) is 72.5 Å². The Labute approximate surface area is 165 Å². The number of halogens is 2. The molecule has 6 heteroatoms. The van der Waals surface area contributed by atoms with Crippen LogP contribution in [0.15, 0.2) is 12.4 Å². The molecular formula is C22H28F2N2O2. The first-order valence-electron chi connectivity index (χ1n) is 9.73. The highest BCUT2D eigenvalue weighted by Gasteiger charge is 2.49. The average Bonchev–Trinajstić information content (AvgIpc) is 2.95. The summed E-state index contributed by atoms with van der Waals surface area (Å²) in [7, 11) is 0. The van der Waals surface area contributed by atoms with Gasteiger partial charge in [0.05, 0.1) is 18.2 Å². The zero-order chi connectivity index (χ0) is 20.7. The van der Waals surface area contributed by atoms with E-state index in [9.17, 15) is 13.6 Å². The highest BCUT2D eigenvalue weighted by molar-refractivity contribution is 5.83. The van der Waals surface area contributed by atoms with Crippen LogP contribution >= 0.6 is 0 Å². The predicted molar refractivity (Wildman–Crippen MR) is 103 cm³/mol. The lowest BCUT2D eigenvalue weighted by Gasteiger charge is -2.32. The molecule has 1 fully saturated rings. The van der Waals surface area contributed by atoms with Crippen LogP contribution in [-0.2, 0) is 4.79 Å². The monoisotopic (exact) mass is 390 g/mol. The predicted octanol–water partition coefficient (Wildman–Crippen LogP) is 4.59. The van der Waals surface area contributed by atoms with Crippen LogP contribution in [0.25, 0.3) is 0 Å². The minimum absolute atomic E-state index is 0.201. The minimum Gasteiger partial charge on any atom is -0.487 e. The molecule has 2 bridgehead atoms. The van der Waals surface area contributed by atoms with E-state index in [4.69, 9.17) is 4.74 Å². The Hall–Kier alpha value is -2.16. The molecule has 3 rings (SSSR count). The van der Waals surface area contributed by atoms with E-state index < -0.39 is 17.7 Å². The number of fused-ring (bicyclic) bond motifs is 4. The number of carbonyl (C=O) groups is 1. The van der Waals surface area contributed by atoms with Gasteiger partial charge in [-0.15, -0.1) is 0 Å². The van der Waals surface area contributed by atoms with Crippen molar-refractivity contribution in [3.63, 3.8) is 0 Å². The van der Waals surface area contributed by atoms with Crippen LogP contribution in [-0.4, -0.2) is 34.9 Å². The summed E-state index contributed by atoms with van der Waals surface area (Å²) in [5.41, 5.74) is -0.0507. The Balaban J connectivity index is 1.85. The third-order valence-electron chi connectivity index (χ3n) is 5.41. The molecule has 0 aromatic carbocycles. The van der Waals surface area contributed by atoms with Crippen LogP contribution in [0.4, 0.5) is 8.78 Å². The first kappa shape index (κ1) is 20.6. The second-order valence-electron chi connectivity index (χ2n) is 9.44. The molecule has 3 heterocycles. The van der Waals surface area contributed by atoms with Crippen molar-refractivity contribution in [1.82, 2.24) is 9.88 Å². The summed E-state index contributed by atoms with van der Waals surface area (Å²) >= 11 is 0. The van der Waals surface area contributed by atoms with Gasteiger partial charge < -0.3 is 9.64 Å². The lowest BCUT2D eigenvalue weighted by Crippen LogP contribution is -2.44. The summed E-state index contributed by atoms with van der Waals surface area (Å²) < 4.78 is 32.8. The number of amides is 1. The van der Waals surface area contributed by atoms with Gasteiger partial charge in [0.15, 0.2) is 0 Å². The van der Waals surface area contributed by atoms with E-state index in [2.05, 4.69) is 37.6 Å². The Bertz CT molecular complexity index is 818. The zero-order valence-electron chi connectivity index (χ0n) is 17.2. The van der Waals surface area contributed by atoms with Gasteiger partial charge in [0.25, 0.3) is 6.43 Å². The fourth-order valence-electron chi connectivity index (χ4n) is 3.55. The molecule has 0 spiro atoms. The van der Waals surface area contributed by atoms with Crippen LogP contribution in [0.2, 0.25) is 0 Å². The first-order valence-corrected chi connectivity index (χ1v) is 9.73. The number of hydrogen-bond acceptors (Lipinski definition) is 3. The third kappa shape index (κ3) is 3.99. The molecule has 2 aliphatic heterocycles.